The molecule has 0 aliphatic carbocycles. The van der Waals surface area contributed by atoms with E-state index in [9.17, 15) is 9.90 Å². The number of para-hydroxylation sites is 1. The van der Waals surface area contributed by atoms with Gasteiger partial charge in [-0.1, -0.05) is 18.1 Å². The Morgan fingerprint density at radius 3 is 2.79 bits per heavy atom. The Hall–Kier alpha value is -1.83. The van der Waals surface area contributed by atoms with E-state index in [1.807, 2.05) is 6.07 Å². The van der Waals surface area contributed by atoms with E-state index in [-0.39, 0.29) is 6.61 Å². The Kier molecular flexibility index (Phi) is 6.65. The molecule has 19 heavy (non-hydrogen) atoms. The van der Waals surface area contributed by atoms with Crippen LogP contribution in [0, 0.1) is 11.8 Å². The third kappa shape index (κ3) is 5.12. The second-order valence-corrected chi connectivity index (χ2v) is 4.05. The molecule has 0 saturated carbocycles. The summed E-state index contributed by atoms with van der Waals surface area (Å²) in [5.74, 6) is 5.20. The summed E-state index contributed by atoms with van der Waals surface area (Å²) < 4.78 is 5.11. The molecular formula is C15H18O4. The molecule has 1 aromatic rings. The highest BCUT2D eigenvalue weighted by Gasteiger charge is 2.11. The molecule has 0 bridgehead atoms. The maximum Gasteiger partial charge on any atom is 0.234 e. The molecule has 0 radical (unpaired) electrons. The lowest BCUT2D eigenvalue weighted by Gasteiger charge is -2.04. The molecule has 0 saturated heterocycles. The molecule has 0 aliphatic heterocycles. The van der Waals surface area contributed by atoms with E-state index >= 15 is 0 Å². The molecule has 2 N–H and O–H groups in total. The van der Waals surface area contributed by atoms with Gasteiger partial charge in [0.1, 0.15) is 11.9 Å². The van der Waals surface area contributed by atoms with Gasteiger partial charge in [0.15, 0.2) is 0 Å². The van der Waals surface area contributed by atoms with E-state index in [4.69, 9.17) is 9.84 Å². The van der Waals surface area contributed by atoms with E-state index in [1.165, 1.54) is 7.11 Å². The first kappa shape index (κ1) is 15.2. The van der Waals surface area contributed by atoms with Gasteiger partial charge in [-0.2, -0.15) is 0 Å². The number of carbonyl (C=O) groups excluding carboxylic acids is 1. The van der Waals surface area contributed by atoms with Gasteiger partial charge in [-0.05, 0) is 37.3 Å². The van der Waals surface area contributed by atoms with Crippen LogP contribution in [0.15, 0.2) is 24.3 Å². The summed E-state index contributed by atoms with van der Waals surface area (Å²) in [5.41, 5.74) is 0.612. The van der Waals surface area contributed by atoms with Crippen molar-refractivity contribution in [1.82, 2.24) is 0 Å². The summed E-state index contributed by atoms with van der Waals surface area (Å²) in [5, 5.41) is 18.2. The van der Waals surface area contributed by atoms with Gasteiger partial charge in [0, 0.05) is 6.61 Å². The predicted octanol–water partition coefficient (Wildman–Crippen LogP) is 1.14. The van der Waals surface area contributed by atoms with Crippen LogP contribution in [0.4, 0.5) is 0 Å². The molecule has 1 rings (SSSR count). The Bertz CT molecular complexity index is 471. The van der Waals surface area contributed by atoms with Crippen LogP contribution in [0.5, 0.6) is 5.75 Å². The number of aliphatic hydroxyl groups excluding tert-OH is 2. The minimum absolute atomic E-state index is 0.0633. The van der Waals surface area contributed by atoms with E-state index < -0.39 is 11.9 Å². The Balaban J connectivity index is 2.63. The maximum absolute atomic E-state index is 11.6. The first-order valence-corrected chi connectivity index (χ1v) is 6.17. The van der Waals surface area contributed by atoms with E-state index in [0.29, 0.717) is 30.6 Å². The molecule has 4 nitrogen and oxygen atoms in total. The third-order valence-electron chi connectivity index (χ3n) is 2.62. The van der Waals surface area contributed by atoms with Crippen LogP contribution >= 0.6 is 0 Å². The zero-order valence-electron chi connectivity index (χ0n) is 10.9. The smallest absolute Gasteiger partial charge is 0.234 e. The molecule has 1 aromatic carbocycles. The fourth-order valence-corrected chi connectivity index (χ4v) is 1.54. The molecule has 0 spiro atoms. The van der Waals surface area contributed by atoms with Gasteiger partial charge in [0.25, 0.3) is 0 Å². The number of Topliss-reactive ketones (excluding diaryl/α,β-unsaturated/α-hetero) is 1. The van der Waals surface area contributed by atoms with Crippen molar-refractivity contribution >= 4 is 5.78 Å². The zero-order valence-corrected chi connectivity index (χ0v) is 10.9. The van der Waals surface area contributed by atoms with Crippen LogP contribution in [0.2, 0.25) is 0 Å². The van der Waals surface area contributed by atoms with Crippen LogP contribution in [0.1, 0.15) is 24.8 Å². The van der Waals surface area contributed by atoms with Crippen molar-refractivity contribution in [2.24, 2.45) is 0 Å². The largest absolute Gasteiger partial charge is 0.495 e. The van der Waals surface area contributed by atoms with Crippen molar-refractivity contribution < 1.29 is 19.7 Å². The number of ketones is 1. The van der Waals surface area contributed by atoms with Crippen molar-refractivity contribution in [2.75, 3.05) is 13.7 Å². The second kappa shape index (κ2) is 8.30. The average molecular weight is 262 g/mol. The van der Waals surface area contributed by atoms with E-state index in [1.54, 1.807) is 18.2 Å². The minimum Gasteiger partial charge on any atom is -0.495 e. The first-order valence-electron chi connectivity index (χ1n) is 6.17. The molecule has 0 fully saturated rings. The van der Waals surface area contributed by atoms with Gasteiger partial charge in [-0.25, -0.2) is 0 Å². The standard InChI is InChI=1S/C15H18O4/c1-19-15-8-3-2-6-12(15)9-10-14(18)13(17)7-4-5-11-16/h2-3,6,8,13,16-17H,4-5,7,11H2,1H3. The topological polar surface area (TPSA) is 66.8 Å². The van der Waals surface area contributed by atoms with Crippen LogP contribution in [0.25, 0.3) is 0 Å². The Morgan fingerprint density at radius 1 is 1.37 bits per heavy atom. The summed E-state index contributed by atoms with van der Waals surface area (Å²) in [6.07, 6.45) is 0.401. The minimum atomic E-state index is -1.09. The second-order valence-electron chi connectivity index (χ2n) is 4.05. The van der Waals surface area contributed by atoms with Gasteiger partial charge >= 0.3 is 0 Å². The number of ether oxygens (including phenoxy) is 1. The molecular weight excluding hydrogens is 244 g/mol. The van der Waals surface area contributed by atoms with E-state index in [0.717, 1.165) is 0 Å². The molecule has 1 atom stereocenters. The molecule has 102 valence electrons. The first-order chi connectivity index (χ1) is 9.19. The summed E-state index contributed by atoms with van der Waals surface area (Å²) in [6.45, 7) is 0.0633. The molecule has 0 aliphatic rings. The Labute approximate surface area is 113 Å². The van der Waals surface area contributed by atoms with Gasteiger partial charge in [0.05, 0.1) is 12.7 Å². The summed E-state index contributed by atoms with van der Waals surface area (Å²) >= 11 is 0. The maximum atomic E-state index is 11.6. The summed E-state index contributed by atoms with van der Waals surface area (Å²) in [6, 6.07) is 7.12. The molecule has 1 unspecified atom stereocenters. The number of rotatable bonds is 6. The Morgan fingerprint density at radius 2 is 2.11 bits per heavy atom. The lowest BCUT2D eigenvalue weighted by molar-refractivity contribution is -0.121. The van der Waals surface area contributed by atoms with Crippen molar-refractivity contribution in [2.45, 2.75) is 25.4 Å². The van der Waals surface area contributed by atoms with Crippen molar-refractivity contribution in [3.05, 3.63) is 29.8 Å². The third-order valence-corrected chi connectivity index (χ3v) is 2.62. The van der Waals surface area contributed by atoms with Gasteiger partial charge in [0.2, 0.25) is 5.78 Å². The van der Waals surface area contributed by atoms with Crippen molar-refractivity contribution in [3.8, 4) is 17.6 Å². The molecule has 0 aromatic heterocycles. The highest BCUT2D eigenvalue weighted by Crippen LogP contribution is 2.15. The number of hydrogen-bond donors (Lipinski definition) is 2. The number of aliphatic hydroxyl groups is 2. The lowest BCUT2D eigenvalue weighted by Crippen LogP contribution is -2.18. The predicted molar refractivity (Wildman–Crippen MR) is 71.8 cm³/mol. The van der Waals surface area contributed by atoms with Gasteiger partial charge in [-0.15, -0.1) is 0 Å². The number of unbranched alkanes of at least 4 members (excludes halogenated alkanes) is 1. The number of carbonyl (C=O) groups is 1. The quantitative estimate of drug-likeness (QED) is 0.596. The van der Waals surface area contributed by atoms with Crippen LogP contribution in [-0.2, 0) is 4.79 Å². The fraction of sp³-hybridized carbons (Fsp3) is 0.400. The molecule has 0 amide bonds. The van der Waals surface area contributed by atoms with Crippen LogP contribution in [-0.4, -0.2) is 35.8 Å². The lowest BCUT2D eigenvalue weighted by atomic mass is 10.1. The van der Waals surface area contributed by atoms with Gasteiger partial charge in [-0.3, -0.25) is 4.79 Å². The molecule has 0 heterocycles. The normalized spacial score (nSPS) is 11.3. The van der Waals surface area contributed by atoms with Crippen molar-refractivity contribution in [1.29, 1.82) is 0 Å². The summed E-state index contributed by atoms with van der Waals surface area (Å²) in [4.78, 5) is 11.6. The highest BCUT2D eigenvalue weighted by molar-refractivity contribution is 5.99. The van der Waals surface area contributed by atoms with Crippen LogP contribution < -0.4 is 4.74 Å². The fourth-order valence-electron chi connectivity index (χ4n) is 1.54. The monoisotopic (exact) mass is 262 g/mol. The highest BCUT2D eigenvalue weighted by atomic mass is 16.5. The SMILES string of the molecule is COc1ccccc1C#CC(=O)C(O)CCCCO. The van der Waals surface area contributed by atoms with Gasteiger partial charge < -0.3 is 14.9 Å². The van der Waals surface area contributed by atoms with Crippen molar-refractivity contribution in [3.63, 3.8) is 0 Å². The summed E-state index contributed by atoms with van der Waals surface area (Å²) in [7, 11) is 1.53. The van der Waals surface area contributed by atoms with E-state index in [2.05, 4.69) is 11.8 Å². The van der Waals surface area contributed by atoms with Crippen LogP contribution in [0.3, 0.4) is 0 Å². The number of benzene rings is 1. The average Bonchev–Trinajstić information content (AvgIpc) is 2.45. The number of methoxy groups -OCH3 is 1. The zero-order chi connectivity index (χ0) is 14.1. The molecule has 4 heteroatoms. The number of hydrogen-bond acceptors (Lipinski definition) is 4.